The average molecular weight is 407 g/mol. The van der Waals surface area contributed by atoms with Crippen molar-refractivity contribution in [1.29, 1.82) is 0 Å². The molecule has 0 bridgehead atoms. The van der Waals surface area contributed by atoms with Crippen LogP contribution in [-0.2, 0) is 30.2 Å². The van der Waals surface area contributed by atoms with Crippen molar-refractivity contribution in [1.82, 2.24) is 4.98 Å². The maximum absolute atomic E-state index is 13.1. The Morgan fingerprint density at radius 2 is 1.83 bits per heavy atom. The molecule has 1 aromatic heterocycles. The van der Waals surface area contributed by atoms with Crippen LogP contribution in [0.1, 0.15) is 79.6 Å². The fourth-order valence-electron chi connectivity index (χ4n) is 3.36. The molecule has 1 N–H and O–H groups in total. The van der Waals surface area contributed by atoms with Gasteiger partial charge in [-0.25, -0.2) is 4.79 Å². The first-order valence-electron chi connectivity index (χ1n) is 9.52. The third-order valence-corrected chi connectivity index (χ3v) is 4.83. The molecule has 2 heterocycles. The molecular formula is C21H29NO7. The maximum Gasteiger partial charge on any atom is 0.355 e. The summed E-state index contributed by atoms with van der Waals surface area (Å²) in [6.45, 7) is 10.5. The van der Waals surface area contributed by atoms with Gasteiger partial charge in [-0.3, -0.25) is 14.4 Å². The molecule has 2 rings (SSSR count). The lowest BCUT2D eigenvalue weighted by molar-refractivity contribution is -0.141. The lowest BCUT2D eigenvalue weighted by atomic mass is 9.82. The predicted octanol–water partition coefficient (Wildman–Crippen LogP) is 2.91. The molecule has 8 nitrogen and oxygen atoms in total. The van der Waals surface area contributed by atoms with E-state index in [0.29, 0.717) is 11.1 Å². The molecule has 0 radical (unpaired) electrons. The molecule has 0 amide bonds. The number of carbonyl (C=O) groups excluding carboxylic acids is 4. The summed E-state index contributed by atoms with van der Waals surface area (Å²) in [5.41, 5.74) is -0.0636. The second kappa shape index (κ2) is 8.00. The van der Waals surface area contributed by atoms with E-state index in [9.17, 15) is 19.2 Å². The molecule has 0 spiro atoms. The minimum absolute atomic E-state index is 0.0442. The number of Topliss-reactive ketones (excluding diaryl/α,β-unsaturated/α-hetero) is 1. The van der Waals surface area contributed by atoms with Crippen molar-refractivity contribution in [3.8, 4) is 0 Å². The highest BCUT2D eigenvalue weighted by molar-refractivity contribution is 6.04. The average Bonchev–Trinajstić information content (AvgIpc) is 3.05. The van der Waals surface area contributed by atoms with Crippen LogP contribution in [0.5, 0.6) is 0 Å². The Morgan fingerprint density at radius 3 is 2.31 bits per heavy atom. The number of rotatable bonds is 6. The Kier molecular flexibility index (Phi) is 6.25. The number of cyclic esters (lactones) is 1. The molecule has 0 saturated carbocycles. The lowest BCUT2D eigenvalue weighted by Gasteiger charge is -2.22. The topological polar surface area (TPSA) is 112 Å². The Labute approximate surface area is 170 Å². The molecule has 1 aliphatic heterocycles. The van der Waals surface area contributed by atoms with Gasteiger partial charge in [0.25, 0.3) is 0 Å². The Hall–Kier alpha value is -2.64. The van der Waals surface area contributed by atoms with Crippen LogP contribution in [0.4, 0.5) is 0 Å². The number of aromatic nitrogens is 1. The van der Waals surface area contributed by atoms with E-state index in [1.54, 1.807) is 41.5 Å². The molecule has 0 aromatic carbocycles. The van der Waals surface area contributed by atoms with Gasteiger partial charge in [0.05, 0.1) is 19.2 Å². The van der Waals surface area contributed by atoms with Crippen molar-refractivity contribution in [2.75, 3.05) is 7.11 Å². The minimum Gasteiger partial charge on any atom is -0.469 e. The highest BCUT2D eigenvalue weighted by Gasteiger charge is 2.47. The highest BCUT2D eigenvalue weighted by atomic mass is 16.6. The molecule has 8 heteroatoms. The Balaban J connectivity index is 2.45. The van der Waals surface area contributed by atoms with Gasteiger partial charge in [0, 0.05) is 11.8 Å². The second-order valence-corrected chi connectivity index (χ2v) is 8.96. The van der Waals surface area contributed by atoms with Gasteiger partial charge in [-0.2, -0.15) is 0 Å². The number of esters is 3. The summed E-state index contributed by atoms with van der Waals surface area (Å²) >= 11 is 0. The number of carbonyl (C=O) groups is 4. The molecule has 1 saturated heterocycles. The van der Waals surface area contributed by atoms with Crippen LogP contribution in [0, 0.1) is 12.3 Å². The highest BCUT2D eigenvalue weighted by Crippen LogP contribution is 2.37. The number of methoxy groups -OCH3 is 1. The smallest absolute Gasteiger partial charge is 0.355 e. The maximum atomic E-state index is 13.1. The monoisotopic (exact) mass is 407 g/mol. The van der Waals surface area contributed by atoms with Gasteiger partial charge in [0.1, 0.15) is 11.3 Å². The normalized spacial score (nSPS) is 18.3. The van der Waals surface area contributed by atoms with Crippen LogP contribution in [-0.4, -0.2) is 47.5 Å². The van der Waals surface area contributed by atoms with Crippen molar-refractivity contribution >= 4 is 23.7 Å². The molecule has 29 heavy (non-hydrogen) atoms. The third kappa shape index (κ3) is 5.05. The molecule has 160 valence electrons. The van der Waals surface area contributed by atoms with E-state index in [0.717, 1.165) is 0 Å². The van der Waals surface area contributed by atoms with Gasteiger partial charge in [0.2, 0.25) is 5.78 Å². The first kappa shape index (κ1) is 22.6. The van der Waals surface area contributed by atoms with E-state index in [1.807, 2.05) is 0 Å². The van der Waals surface area contributed by atoms with Crippen molar-refractivity contribution < 1.29 is 33.4 Å². The number of H-pyrrole nitrogens is 1. The molecule has 0 aliphatic carbocycles. The number of ketones is 1. The van der Waals surface area contributed by atoms with Crippen LogP contribution in [0.25, 0.3) is 0 Å². The summed E-state index contributed by atoms with van der Waals surface area (Å²) in [5, 5.41) is 0. The van der Waals surface area contributed by atoms with Crippen molar-refractivity contribution in [2.24, 2.45) is 5.41 Å². The predicted molar refractivity (Wildman–Crippen MR) is 104 cm³/mol. The van der Waals surface area contributed by atoms with E-state index >= 15 is 0 Å². The van der Waals surface area contributed by atoms with Crippen LogP contribution >= 0.6 is 0 Å². The number of aromatic amines is 1. The summed E-state index contributed by atoms with van der Waals surface area (Å²) in [7, 11) is 1.28. The van der Waals surface area contributed by atoms with E-state index < -0.39 is 40.8 Å². The van der Waals surface area contributed by atoms with Gasteiger partial charge < -0.3 is 19.2 Å². The SMILES string of the molecule is COC(=O)CCc1c(C(=O)OC(C)(C)C)[nH]c(C(=O)C2OC(=O)CC2(C)C)c1C. The third-order valence-electron chi connectivity index (χ3n) is 4.83. The fourth-order valence-corrected chi connectivity index (χ4v) is 3.36. The van der Waals surface area contributed by atoms with Crippen LogP contribution in [0.3, 0.4) is 0 Å². The van der Waals surface area contributed by atoms with Gasteiger partial charge in [-0.1, -0.05) is 13.8 Å². The van der Waals surface area contributed by atoms with Gasteiger partial charge in [0.15, 0.2) is 6.10 Å². The molecule has 1 unspecified atom stereocenters. The number of hydrogen-bond acceptors (Lipinski definition) is 7. The van der Waals surface area contributed by atoms with Crippen molar-refractivity contribution in [3.63, 3.8) is 0 Å². The van der Waals surface area contributed by atoms with E-state index in [1.165, 1.54) is 7.11 Å². The second-order valence-electron chi connectivity index (χ2n) is 8.96. The zero-order valence-electron chi connectivity index (χ0n) is 18.1. The minimum atomic E-state index is -0.952. The summed E-state index contributed by atoms with van der Waals surface area (Å²) in [4.78, 5) is 52.1. The summed E-state index contributed by atoms with van der Waals surface area (Å²) < 4.78 is 15.4. The van der Waals surface area contributed by atoms with Crippen LogP contribution in [0.15, 0.2) is 0 Å². The fraction of sp³-hybridized carbons (Fsp3) is 0.619. The lowest BCUT2D eigenvalue weighted by Crippen LogP contribution is -2.33. The molecule has 1 atom stereocenters. The number of nitrogens with one attached hydrogen (secondary N) is 1. The number of ether oxygens (including phenoxy) is 3. The van der Waals surface area contributed by atoms with Gasteiger partial charge in [-0.05, 0) is 45.2 Å². The standard InChI is InChI=1S/C21H29NO7/c1-11-12(8-9-13(23)27-7)16(19(26)29-20(2,3)4)22-15(11)17(25)18-21(5,6)10-14(24)28-18/h18,22H,8-10H2,1-7H3. The summed E-state index contributed by atoms with van der Waals surface area (Å²) in [5.74, 6) is -1.90. The summed E-state index contributed by atoms with van der Waals surface area (Å²) in [6.07, 6.45) is -0.572. The Bertz CT molecular complexity index is 842. The number of hydrogen-bond donors (Lipinski definition) is 1. The quantitative estimate of drug-likeness (QED) is 0.438. The molecule has 1 aromatic rings. The van der Waals surface area contributed by atoms with Crippen molar-refractivity contribution in [3.05, 3.63) is 22.5 Å². The first-order valence-corrected chi connectivity index (χ1v) is 9.52. The molecule has 1 aliphatic rings. The molecular weight excluding hydrogens is 378 g/mol. The molecule has 1 fully saturated rings. The van der Waals surface area contributed by atoms with E-state index in [2.05, 4.69) is 9.72 Å². The van der Waals surface area contributed by atoms with Crippen LogP contribution in [0.2, 0.25) is 0 Å². The van der Waals surface area contributed by atoms with E-state index in [-0.39, 0.29) is 30.7 Å². The van der Waals surface area contributed by atoms with Gasteiger partial charge in [-0.15, -0.1) is 0 Å². The van der Waals surface area contributed by atoms with E-state index in [4.69, 9.17) is 9.47 Å². The first-order chi connectivity index (χ1) is 13.3. The van der Waals surface area contributed by atoms with Crippen LogP contribution < -0.4 is 0 Å². The Morgan fingerprint density at radius 1 is 1.21 bits per heavy atom. The zero-order chi connectivity index (χ0) is 22.1. The summed E-state index contributed by atoms with van der Waals surface area (Å²) in [6, 6.07) is 0. The zero-order valence-corrected chi connectivity index (χ0v) is 18.1. The van der Waals surface area contributed by atoms with Crippen molar-refractivity contribution in [2.45, 2.75) is 72.5 Å². The largest absolute Gasteiger partial charge is 0.469 e. The van der Waals surface area contributed by atoms with Gasteiger partial charge >= 0.3 is 17.9 Å².